The lowest BCUT2D eigenvalue weighted by molar-refractivity contribution is -0.139. The van der Waals surface area contributed by atoms with Crippen molar-refractivity contribution in [2.75, 3.05) is 6.26 Å². The zero-order chi connectivity index (χ0) is 15.3. The number of carbonyl (C=O) groups is 2. The zero-order valence-corrected chi connectivity index (χ0v) is 13.2. The van der Waals surface area contributed by atoms with Crippen LogP contribution < -0.4 is 5.32 Å². The highest BCUT2D eigenvalue weighted by atomic mass is 35.5. The lowest BCUT2D eigenvalue weighted by Gasteiger charge is -2.17. The van der Waals surface area contributed by atoms with E-state index in [1.807, 2.05) is 26.2 Å². The van der Waals surface area contributed by atoms with Crippen LogP contribution in [0.4, 0.5) is 0 Å². The van der Waals surface area contributed by atoms with Crippen molar-refractivity contribution in [2.24, 2.45) is 5.92 Å². The fourth-order valence-electron chi connectivity index (χ4n) is 1.73. The van der Waals surface area contributed by atoms with Gasteiger partial charge in [0, 0.05) is 4.90 Å². The molecule has 0 saturated heterocycles. The number of rotatable bonds is 6. The maximum absolute atomic E-state index is 12.2. The van der Waals surface area contributed by atoms with E-state index in [4.69, 9.17) is 16.7 Å². The summed E-state index contributed by atoms with van der Waals surface area (Å²) in [6.07, 6.45) is 2.27. The third-order valence-electron chi connectivity index (χ3n) is 2.73. The third-order valence-corrected chi connectivity index (χ3v) is 3.78. The molecule has 0 fully saturated rings. The van der Waals surface area contributed by atoms with E-state index in [-0.39, 0.29) is 5.92 Å². The van der Waals surface area contributed by atoms with E-state index in [1.165, 1.54) is 11.8 Å². The fraction of sp³-hybridized carbons (Fsp3) is 0.429. The number of aliphatic carboxylic acids is 1. The molecule has 1 amide bonds. The normalized spacial score (nSPS) is 12.2. The van der Waals surface area contributed by atoms with E-state index in [2.05, 4.69) is 5.32 Å². The van der Waals surface area contributed by atoms with Gasteiger partial charge in [-0.05, 0) is 36.8 Å². The van der Waals surface area contributed by atoms with Crippen LogP contribution in [0, 0.1) is 5.92 Å². The van der Waals surface area contributed by atoms with Crippen LogP contribution in [0.25, 0.3) is 0 Å². The number of nitrogens with one attached hydrogen (secondary N) is 1. The molecule has 0 aromatic heterocycles. The standard InChI is InChI=1S/C14H18ClNO3S/c1-8(2)6-12(14(18)19)16-13(17)10-7-9(20-3)4-5-11(10)15/h4-5,7-8,12H,6H2,1-3H3,(H,16,17)(H,18,19)/t12-/m1/s1. The number of hydrogen-bond donors (Lipinski definition) is 2. The minimum Gasteiger partial charge on any atom is -0.480 e. The molecule has 0 bridgehead atoms. The van der Waals surface area contributed by atoms with Gasteiger partial charge in [-0.15, -0.1) is 11.8 Å². The third kappa shape index (κ3) is 4.72. The largest absolute Gasteiger partial charge is 0.480 e. The van der Waals surface area contributed by atoms with Crippen LogP contribution in [0.5, 0.6) is 0 Å². The minimum absolute atomic E-state index is 0.171. The molecular weight excluding hydrogens is 298 g/mol. The van der Waals surface area contributed by atoms with Gasteiger partial charge in [-0.3, -0.25) is 4.79 Å². The Labute approximate surface area is 127 Å². The summed E-state index contributed by atoms with van der Waals surface area (Å²) in [5, 5.41) is 12.0. The predicted octanol–water partition coefficient (Wildman–Crippen LogP) is 3.29. The average Bonchev–Trinajstić information content (AvgIpc) is 2.37. The van der Waals surface area contributed by atoms with Gasteiger partial charge in [-0.2, -0.15) is 0 Å². The quantitative estimate of drug-likeness (QED) is 0.791. The Morgan fingerprint density at radius 1 is 1.40 bits per heavy atom. The number of carboxylic acids is 1. The molecule has 0 aliphatic heterocycles. The summed E-state index contributed by atoms with van der Waals surface area (Å²) in [5.74, 6) is -1.33. The van der Waals surface area contributed by atoms with Gasteiger partial charge in [0.25, 0.3) is 5.91 Å². The Hall–Kier alpha value is -1.20. The van der Waals surface area contributed by atoms with Crippen molar-refractivity contribution in [3.63, 3.8) is 0 Å². The first-order valence-corrected chi connectivity index (χ1v) is 7.82. The maximum Gasteiger partial charge on any atom is 0.326 e. The van der Waals surface area contributed by atoms with Crippen molar-refractivity contribution >= 4 is 35.2 Å². The van der Waals surface area contributed by atoms with Gasteiger partial charge in [0.15, 0.2) is 0 Å². The van der Waals surface area contributed by atoms with E-state index in [0.717, 1.165) is 4.90 Å². The number of carbonyl (C=O) groups excluding carboxylic acids is 1. The Balaban J connectivity index is 2.91. The lowest BCUT2D eigenvalue weighted by Crippen LogP contribution is -2.41. The van der Waals surface area contributed by atoms with Gasteiger partial charge < -0.3 is 10.4 Å². The first kappa shape index (κ1) is 16.9. The van der Waals surface area contributed by atoms with Crippen molar-refractivity contribution in [3.8, 4) is 0 Å². The Bertz CT molecular complexity index is 505. The summed E-state index contributed by atoms with van der Waals surface area (Å²) in [7, 11) is 0. The van der Waals surface area contributed by atoms with Crippen molar-refractivity contribution < 1.29 is 14.7 Å². The summed E-state index contributed by atoms with van der Waals surface area (Å²) < 4.78 is 0. The summed E-state index contributed by atoms with van der Waals surface area (Å²) in [4.78, 5) is 24.2. The van der Waals surface area contributed by atoms with Crippen molar-refractivity contribution in [1.29, 1.82) is 0 Å². The van der Waals surface area contributed by atoms with E-state index in [1.54, 1.807) is 12.1 Å². The molecule has 110 valence electrons. The molecule has 0 saturated carbocycles. The summed E-state index contributed by atoms with van der Waals surface area (Å²) >= 11 is 7.49. The predicted molar refractivity (Wildman–Crippen MR) is 81.6 cm³/mol. The molecular formula is C14H18ClNO3S. The van der Waals surface area contributed by atoms with Gasteiger partial charge in [0.1, 0.15) is 6.04 Å². The highest BCUT2D eigenvalue weighted by Gasteiger charge is 2.22. The maximum atomic E-state index is 12.2. The number of amides is 1. The molecule has 1 aromatic carbocycles. The second kappa shape index (κ2) is 7.55. The van der Waals surface area contributed by atoms with Crippen LogP contribution in [-0.2, 0) is 4.79 Å². The van der Waals surface area contributed by atoms with Crippen LogP contribution in [0.15, 0.2) is 23.1 Å². The van der Waals surface area contributed by atoms with Gasteiger partial charge in [0.2, 0.25) is 0 Å². The number of thioether (sulfide) groups is 1. The number of carboxylic acid groups (broad SMARTS) is 1. The van der Waals surface area contributed by atoms with Crippen molar-refractivity contribution in [2.45, 2.75) is 31.2 Å². The molecule has 1 rings (SSSR count). The van der Waals surface area contributed by atoms with E-state index >= 15 is 0 Å². The second-order valence-electron chi connectivity index (χ2n) is 4.84. The SMILES string of the molecule is CSc1ccc(Cl)c(C(=O)N[C@H](CC(C)C)C(=O)O)c1. The summed E-state index contributed by atoms with van der Waals surface area (Å²) in [6.45, 7) is 3.81. The van der Waals surface area contributed by atoms with Crippen LogP contribution in [0.1, 0.15) is 30.6 Å². The highest BCUT2D eigenvalue weighted by Crippen LogP contribution is 2.23. The highest BCUT2D eigenvalue weighted by molar-refractivity contribution is 7.98. The van der Waals surface area contributed by atoms with Crippen LogP contribution in [0.3, 0.4) is 0 Å². The van der Waals surface area contributed by atoms with Gasteiger partial charge >= 0.3 is 5.97 Å². The van der Waals surface area contributed by atoms with Crippen molar-refractivity contribution in [1.82, 2.24) is 5.32 Å². The molecule has 0 radical (unpaired) electrons. The minimum atomic E-state index is -1.04. The molecule has 1 atom stereocenters. The first-order chi connectivity index (χ1) is 9.35. The monoisotopic (exact) mass is 315 g/mol. The molecule has 20 heavy (non-hydrogen) atoms. The summed E-state index contributed by atoms with van der Waals surface area (Å²) in [5.41, 5.74) is 0.300. The van der Waals surface area contributed by atoms with E-state index < -0.39 is 17.9 Å². The molecule has 0 spiro atoms. The molecule has 6 heteroatoms. The molecule has 2 N–H and O–H groups in total. The number of halogens is 1. The molecule has 0 aliphatic rings. The van der Waals surface area contributed by atoms with E-state index in [0.29, 0.717) is 17.0 Å². The Morgan fingerprint density at radius 3 is 2.55 bits per heavy atom. The summed E-state index contributed by atoms with van der Waals surface area (Å²) in [6, 6.07) is 4.21. The molecule has 4 nitrogen and oxygen atoms in total. The molecule has 0 heterocycles. The molecule has 0 unspecified atom stereocenters. The smallest absolute Gasteiger partial charge is 0.326 e. The Morgan fingerprint density at radius 2 is 2.05 bits per heavy atom. The topological polar surface area (TPSA) is 66.4 Å². The lowest BCUT2D eigenvalue weighted by atomic mass is 10.0. The number of benzene rings is 1. The zero-order valence-electron chi connectivity index (χ0n) is 11.6. The first-order valence-electron chi connectivity index (χ1n) is 6.22. The van der Waals surface area contributed by atoms with Crippen LogP contribution >= 0.6 is 23.4 Å². The van der Waals surface area contributed by atoms with Gasteiger partial charge in [-0.25, -0.2) is 4.79 Å². The molecule has 0 aliphatic carbocycles. The van der Waals surface area contributed by atoms with E-state index in [9.17, 15) is 9.59 Å². The van der Waals surface area contributed by atoms with Crippen molar-refractivity contribution in [3.05, 3.63) is 28.8 Å². The van der Waals surface area contributed by atoms with Crippen LogP contribution in [0.2, 0.25) is 5.02 Å². The average molecular weight is 316 g/mol. The Kier molecular flexibility index (Phi) is 6.36. The van der Waals surface area contributed by atoms with Gasteiger partial charge in [0.05, 0.1) is 10.6 Å². The fourth-order valence-corrected chi connectivity index (χ4v) is 2.38. The number of hydrogen-bond acceptors (Lipinski definition) is 3. The van der Waals surface area contributed by atoms with Crippen LogP contribution in [-0.4, -0.2) is 29.3 Å². The second-order valence-corrected chi connectivity index (χ2v) is 6.13. The van der Waals surface area contributed by atoms with Gasteiger partial charge in [-0.1, -0.05) is 25.4 Å². The molecule has 1 aromatic rings.